The number of hydrogen-bond acceptors (Lipinski definition) is 1. The molecule has 0 bridgehead atoms. The molecule has 0 unspecified atom stereocenters. The van der Waals surface area contributed by atoms with E-state index in [0.717, 1.165) is 24.2 Å². The van der Waals surface area contributed by atoms with E-state index in [1.807, 2.05) is 6.07 Å². The summed E-state index contributed by atoms with van der Waals surface area (Å²) in [5.41, 5.74) is 2.03. The summed E-state index contributed by atoms with van der Waals surface area (Å²) >= 11 is 0. The number of hydrogen-bond donors (Lipinski definition) is 0. The van der Waals surface area contributed by atoms with E-state index in [9.17, 15) is 4.39 Å². The third-order valence-corrected chi connectivity index (χ3v) is 2.68. The molecule has 1 aromatic carbocycles. The Labute approximate surface area is 78.2 Å². The van der Waals surface area contributed by atoms with E-state index >= 15 is 0 Å². The van der Waals surface area contributed by atoms with Gasteiger partial charge in [-0.15, -0.1) is 0 Å². The second-order valence-electron chi connectivity index (χ2n) is 3.88. The topological polar surface area (TPSA) is 3.24 Å². The number of rotatable bonds is 1. The van der Waals surface area contributed by atoms with Crippen LogP contribution >= 0.6 is 0 Å². The highest BCUT2D eigenvalue weighted by atomic mass is 19.1. The fourth-order valence-corrected chi connectivity index (χ4v) is 1.77. The Morgan fingerprint density at radius 2 is 2.08 bits per heavy atom. The Kier molecular flexibility index (Phi) is 2.08. The SMILES string of the molecule is CC(C)N1Cc2cccc(F)c2C1. The molecular weight excluding hydrogens is 165 g/mol. The quantitative estimate of drug-likeness (QED) is 0.640. The zero-order valence-corrected chi connectivity index (χ0v) is 8.05. The second-order valence-corrected chi connectivity index (χ2v) is 3.88. The van der Waals surface area contributed by atoms with Crippen molar-refractivity contribution >= 4 is 0 Å². The van der Waals surface area contributed by atoms with Gasteiger partial charge in [-0.1, -0.05) is 12.1 Å². The summed E-state index contributed by atoms with van der Waals surface area (Å²) in [5, 5.41) is 0. The van der Waals surface area contributed by atoms with Crippen LogP contribution in [0.1, 0.15) is 25.0 Å². The van der Waals surface area contributed by atoms with Crippen LogP contribution < -0.4 is 0 Å². The second kappa shape index (κ2) is 3.11. The van der Waals surface area contributed by atoms with Gasteiger partial charge in [-0.05, 0) is 25.5 Å². The maximum absolute atomic E-state index is 13.3. The lowest BCUT2D eigenvalue weighted by molar-refractivity contribution is 0.226. The largest absolute Gasteiger partial charge is 0.292 e. The van der Waals surface area contributed by atoms with Gasteiger partial charge < -0.3 is 0 Å². The molecule has 0 saturated carbocycles. The van der Waals surface area contributed by atoms with Crippen molar-refractivity contribution in [3.05, 3.63) is 35.1 Å². The number of fused-ring (bicyclic) bond motifs is 1. The van der Waals surface area contributed by atoms with Crippen LogP contribution in [0, 0.1) is 5.82 Å². The first-order chi connectivity index (χ1) is 6.18. The number of benzene rings is 1. The molecular formula is C11H14FN. The molecule has 1 heterocycles. The molecule has 1 nitrogen and oxygen atoms in total. The zero-order chi connectivity index (χ0) is 9.42. The van der Waals surface area contributed by atoms with Gasteiger partial charge in [-0.3, -0.25) is 4.90 Å². The highest BCUT2D eigenvalue weighted by molar-refractivity contribution is 5.31. The first-order valence-electron chi connectivity index (χ1n) is 4.69. The summed E-state index contributed by atoms with van der Waals surface area (Å²) < 4.78 is 13.3. The van der Waals surface area contributed by atoms with Crippen molar-refractivity contribution in [1.82, 2.24) is 4.90 Å². The molecule has 0 aromatic heterocycles. The van der Waals surface area contributed by atoms with Crippen LogP contribution in [0.25, 0.3) is 0 Å². The van der Waals surface area contributed by atoms with Gasteiger partial charge >= 0.3 is 0 Å². The minimum atomic E-state index is -0.0550. The molecule has 0 fully saturated rings. The first-order valence-corrected chi connectivity index (χ1v) is 4.69. The van der Waals surface area contributed by atoms with Crippen molar-refractivity contribution in [3.63, 3.8) is 0 Å². The molecule has 0 saturated heterocycles. The summed E-state index contributed by atoms with van der Waals surface area (Å²) in [6.07, 6.45) is 0. The van der Waals surface area contributed by atoms with E-state index < -0.39 is 0 Å². The van der Waals surface area contributed by atoms with Crippen LogP contribution in [-0.4, -0.2) is 10.9 Å². The Morgan fingerprint density at radius 3 is 2.69 bits per heavy atom. The van der Waals surface area contributed by atoms with Crippen molar-refractivity contribution < 1.29 is 4.39 Å². The number of halogens is 1. The molecule has 0 atom stereocenters. The average Bonchev–Trinajstić information content (AvgIpc) is 2.49. The highest BCUT2D eigenvalue weighted by Crippen LogP contribution is 2.26. The van der Waals surface area contributed by atoms with Crippen LogP contribution in [0.4, 0.5) is 4.39 Å². The molecule has 1 aliphatic rings. The van der Waals surface area contributed by atoms with E-state index in [1.54, 1.807) is 12.1 Å². The van der Waals surface area contributed by atoms with Gasteiger partial charge in [0.25, 0.3) is 0 Å². The normalized spacial score (nSPS) is 16.6. The molecule has 13 heavy (non-hydrogen) atoms. The lowest BCUT2D eigenvalue weighted by Crippen LogP contribution is -2.24. The van der Waals surface area contributed by atoms with Gasteiger partial charge in [0.2, 0.25) is 0 Å². The van der Waals surface area contributed by atoms with Crippen LogP contribution in [0.5, 0.6) is 0 Å². The fraction of sp³-hybridized carbons (Fsp3) is 0.455. The van der Waals surface area contributed by atoms with Gasteiger partial charge in [0.05, 0.1) is 0 Å². The van der Waals surface area contributed by atoms with Gasteiger partial charge in [0, 0.05) is 24.7 Å². The third-order valence-electron chi connectivity index (χ3n) is 2.68. The lowest BCUT2D eigenvalue weighted by atomic mass is 10.1. The molecule has 70 valence electrons. The average molecular weight is 179 g/mol. The van der Waals surface area contributed by atoms with E-state index in [1.165, 1.54) is 0 Å². The monoisotopic (exact) mass is 179 g/mol. The molecule has 2 heteroatoms. The summed E-state index contributed by atoms with van der Waals surface area (Å²) in [6, 6.07) is 5.84. The van der Waals surface area contributed by atoms with Gasteiger partial charge in [0.15, 0.2) is 0 Å². The summed E-state index contributed by atoms with van der Waals surface area (Å²) in [5.74, 6) is -0.0550. The van der Waals surface area contributed by atoms with E-state index in [2.05, 4.69) is 18.7 Å². The Balaban J connectivity index is 2.30. The first kappa shape index (κ1) is 8.70. The van der Waals surface area contributed by atoms with Crippen molar-refractivity contribution in [1.29, 1.82) is 0 Å². The minimum absolute atomic E-state index is 0.0550. The Morgan fingerprint density at radius 1 is 1.31 bits per heavy atom. The van der Waals surface area contributed by atoms with Crippen LogP contribution in [0.15, 0.2) is 18.2 Å². The summed E-state index contributed by atoms with van der Waals surface area (Å²) in [4.78, 5) is 2.27. The van der Waals surface area contributed by atoms with Crippen molar-refractivity contribution in [2.75, 3.05) is 0 Å². The fourth-order valence-electron chi connectivity index (χ4n) is 1.77. The molecule has 1 aliphatic heterocycles. The predicted octanol–water partition coefficient (Wildman–Crippen LogP) is 2.55. The van der Waals surface area contributed by atoms with Crippen molar-refractivity contribution in [3.8, 4) is 0 Å². The van der Waals surface area contributed by atoms with E-state index in [4.69, 9.17) is 0 Å². The maximum atomic E-state index is 13.3. The molecule has 0 spiro atoms. The molecule has 1 aromatic rings. The smallest absolute Gasteiger partial charge is 0.128 e. The van der Waals surface area contributed by atoms with Crippen molar-refractivity contribution in [2.45, 2.75) is 33.0 Å². The van der Waals surface area contributed by atoms with E-state index in [0.29, 0.717) is 6.04 Å². The minimum Gasteiger partial charge on any atom is -0.292 e. The van der Waals surface area contributed by atoms with Gasteiger partial charge in [0.1, 0.15) is 5.82 Å². The Hall–Kier alpha value is -0.890. The molecule has 0 aliphatic carbocycles. The van der Waals surface area contributed by atoms with Gasteiger partial charge in [-0.2, -0.15) is 0 Å². The standard InChI is InChI=1S/C11H14FN/c1-8(2)13-6-9-4-3-5-11(12)10(9)7-13/h3-5,8H,6-7H2,1-2H3. The molecule has 0 N–H and O–H groups in total. The zero-order valence-electron chi connectivity index (χ0n) is 8.05. The molecule has 0 radical (unpaired) electrons. The van der Waals surface area contributed by atoms with Crippen molar-refractivity contribution in [2.24, 2.45) is 0 Å². The highest BCUT2D eigenvalue weighted by Gasteiger charge is 2.22. The number of nitrogens with zero attached hydrogens (tertiary/aromatic N) is 1. The van der Waals surface area contributed by atoms with Crippen LogP contribution in [0.3, 0.4) is 0 Å². The Bertz CT molecular complexity index is 320. The third kappa shape index (κ3) is 1.46. The summed E-state index contributed by atoms with van der Waals surface area (Å²) in [6.45, 7) is 5.94. The maximum Gasteiger partial charge on any atom is 0.128 e. The van der Waals surface area contributed by atoms with Crippen LogP contribution in [0.2, 0.25) is 0 Å². The molecule has 2 rings (SSSR count). The predicted molar refractivity (Wildman–Crippen MR) is 50.8 cm³/mol. The van der Waals surface area contributed by atoms with Crippen LogP contribution in [-0.2, 0) is 13.1 Å². The van der Waals surface area contributed by atoms with Gasteiger partial charge in [-0.25, -0.2) is 4.39 Å². The summed E-state index contributed by atoms with van der Waals surface area (Å²) in [7, 11) is 0. The lowest BCUT2D eigenvalue weighted by Gasteiger charge is -2.18. The van der Waals surface area contributed by atoms with E-state index in [-0.39, 0.29) is 5.82 Å². The molecule has 0 amide bonds.